The Morgan fingerprint density at radius 2 is 1.26 bits per heavy atom. The van der Waals surface area contributed by atoms with Crippen LogP contribution < -0.4 is 4.74 Å². The number of hydrogen-bond acceptors (Lipinski definition) is 6. The van der Waals surface area contributed by atoms with Crippen molar-refractivity contribution in [3.8, 4) is 5.75 Å². The molecule has 1 aliphatic heterocycles. The van der Waals surface area contributed by atoms with Crippen LogP contribution in [0.5, 0.6) is 5.75 Å². The Hall–Kier alpha value is -1.53. The van der Waals surface area contributed by atoms with E-state index in [0.29, 0.717) is 13.2 Å². The van der Waals surface area contributed by atoms with Gasteiger partial charge in [-0.05, 0) is 24.7 Å². The van der Waals surface area contributed by atoms with E-state index >= 15 is 0 Å². The predicted molar refractivity (Wildman–Crippen MR) is 149 cm³/mol. The largest absolute Gasteiger partial charge is 0.489 e. The van der Waals surface area contributed by atoms with Crippen LogP contribution in [0.1, 0.15) is 31.1 Å². The molecule has 0 bridgehead atoms. The number of aliphatic hydroxyl groups is 1. The number of hydrogen-bond donors (Lipinski definition) is 1. The van der Waals surface area contributed by atoms with Gasteiger partial charge in [0.1, 0.15) is 12.4 Å². The lowest BCUT2D eigenvalue weighted by atomic mass is 10.1. The standard InChI is InChI=1S/C28H45N4O2P/c1-3-29-14-18-31(19-15-30(4-2)17-21-32(24-35)20-16-29)22-27(33)26-12-8-9-13-28(26)34-23-25-10-6-5-7-11-25/h5-13,27,33H,3-4,14-24,35H2,1-2H3. The molecular formula is C28H45N4O2P. The van der Waals surface area contributed by atoms with Crippen molar-refractivity contribution in [2.75, 3.05) is 78.3 Å². The number of likely N-dealkylation sites (N-methyl/N-ethyl adjacent to an activating group) is 2. The third kappa shape index (κ3) is 9.45. The molecule has 7 heteroatoms. The molecule has 35 heavy (non-hydrogen) atoms. The topological polar surface area (TPSA) is 42.4 Å². The van der Waals surface area contributed by atoms with E-state index in [4.69, 9.17) is 4.74 Å². The van der Waals surface area contributed by atoms with Crippen molar-refractivity contribution in [3.63, 3.8) is 0 Å². The van der Waals surface area contributed by atoms with E-state index in [9.17, 15) is 5.11 Å². The van der Waals surface area contributed by atoms with Crippen LogP contribution in [0.15, 0.2) is 54.6 Å². The summed E-state index contributed by atoms with van der Waals surface area (Å²) in [5, 5.41) is 11.3. The van der Waals surface area contributed by atoms with Crippen molar-refractivity contribution >= 4 is 9.24 Å². The summed E-state index contributed by atoms with van der Waals surface area (Å²) in [5.41, 5.74) is 1.99. The lowest BCUT2D eigenvalue weighted by molar-refractivity contribution is 0.0875. The fraction of sp³-hybridized carbons (Fsp3) is 0.571. The van der Waals surface area contributed by atoms with Gasteiger partial charge in [0.05, 0.1) is 6.10 Å². The maximum absolute atomic E-state index is 11.3. The molecule has 0 aromatic heterocycles. The summed E-state index contributed by atoms with van der Waals surface area (Å²) in [6.07, 6.45) is 0.437. The van der Waals surface area contributed by atoms with Gasteiger partial charge in [-0.15, -0.1) is 9.24 Å². The second-order valence-electron chi connectivity index (χ2n) is 9.30. The van der Waals surface area contributed by atoms with E-state index in [1.807, 2.05) is 42.5 Å². The van der Waals surface area contributed by atoms with Gasteiger partial charge in [-0.25, -0.2) is 0 Å². The van der Waals surface area contributed by atoms with Gasteiger partial charge in [0, 0.05) is 70.8 Å². The van der Waals surface area contributed by atoms with Gasteiger partial charge in [-0.2, -0.15) is 0 Å². The zero-order valence-corrected chi connectivity index (χ0v) is 22.8. The highest BCUT2D eigenvalue weighted by Crippen LogP contribution is 2.26. The highest BCUT2D eigenvalue weighted by atomic mass is 31.0. The lowest BCUT2D eigenvalue weighted by Crippen LogP contribution is -2.46. The van der Waals surface area contributed by atoms with Crippen molar-refractivity contribution in [2.24, 2.45) is 0 Å². The fourth-order valence-electron chi connectivity index (χ4n) is 4.54. The van der Waals surface area contributed by atoms with Crippen LogP contribution in [-0.4, -0.2) is 103 Å². The summed E-state index contributed by atoms with van der Waals surface area (Å²) >= 11 is 0. The number of rotatable bonds is 9. The molecule has 1 fully saturated rings. The molecule has 2 atom stereocenters. The molecule has 2 aromatic carbocycles. The Balaban J connectivity index is 1.66. The number of ether oxygens (including phenoxy) is 1. The zero-order valence-electron chi connectivity index (χ0n) is 21.7. The van der Waals surface area contributed by atoms with Crippen LogP contribution in [-0.2, 0) is 6.61 Å². The molecule has 1 saturated heterocycles. The Morgan fingerprint density at radius 3 is 1.83 bits per heavy atom. The van der Waals surface area contributed by atoms with Crippen LogP contribution in [0.25, 0.3) is 0 Å². The van der Waals surface area contributed by atoms with Crippen molar-refractivity contribution in [1.29, 1.82) is 0 Å². The second kappa shape index (κ2) is 15.6. The SMILES string of the molecule is CCN1CCN(CP)CCN(CC)CCN(CC(O)c2ccccc2OCc2ccccc2)CC1. The Bertz CT molecular complexity index is 821. The molecule has 194 valence electrons. The first-order chi connectivity index (χ1) is 17.1. The average Bonchev–Trinajstić information content (AvgIpc) is 2.90. The minimum atomic E-state index is -0.590. The fourth-order valence-corrected chi connectivity index (χ4v) is 4.91. The predicted octanol–water partition coefficient (Wildman–Crippen LogP) is 3.39. The van der Waals surface area contributed by atoms with Crippen molar-refractivity contribution < 1.29 is 9.84 Å². The van der Waals surface area contributed by atoms with Gasteiger partial charge in [-0.3, -0.25) is 9.80 Å². The molecule has 0 spiro atoms. The summed E-state index contributed by atoms with van der Waals surface area (Å²) in [6.45, 7) is 16.0. The summed E-state index contributed by atoms with van der Waals surface area (Å²) in [7, 11) is 2.89. The molecular weight excluding hydrogens is 455 g/mol. The minimum Gasteiger partial charge on any atom is -0.489 e. The first-order valence-electron chi connectivity index (χ1n) is 13.2. The Morgan fingerprint density at radius 1 is 0.743 bits per heavy atom. The maximum Gasteiger partial charge on any atom is 0.125 e. The number of benzene rings is 2. The molecule has 0 radical (unpaired) electrons. The molecule has 3 rings (SSSR count). The van der Waals surface area contributed by atoms with Gasteiger partial charge in [-0.1, -0.05) is 62.4 Å². The highest BCUT2D eigenvalue weighted by Gasteiger charge is 2.20. The van der Waals surface area contributed by atoms with Gasteiger partial charge in [0.15, 0.2) is 0 Å². The molecule has 0 amide bonds. The van der Waals surface area contributed by atoms with E-state index in [1.165, 1.54) is 0 Å². The maximum atomic E-state index is 11.3. The summed E-state index contributed by atoms with van der Waals surface area (Å²) in [6, 6.07) is 18.1. The smallest absolute Gasteiger partial charge is 0.125 e. The first kappa shape index (κ1) is 28.0. The third-order valence-electron chi connectivity index (χ3n) is 7.03. The molecule has 6 nitrogen and oxygen atoms in total. The molecule has 1 heterocycles. The first-order valence-corrected chi connectivity index (χ1v) is 14.0. The number of para-hydroxylation sites is 1. The summed E-state index contributed by atoms with van der Waals surface area (Å²) in [5.74, 6) is 0.765. The Labute approximate surface area is 215 Å². The van der Waals surface area contributed by atoms with Crippen LogP contribution >= 0.6 is 9.24 Å². The van der Waals surface area contributed by atoms with Gasteiger partial charge in [0.2, 0.25) is 0 Å². The van der Waals surface area contributed by atoms with Crippen LogP contribution in [0, 0.1) is 0 Å². The van der Waals surface area contributed by atoms with Crippen LogP contribution in [0.3, 0.4) is 0 Å². The van der Waals surface area contributed by atoms with E-state index in [0.717, 1.165) is 88.6 Å². The van der Waals surface area contributed by atoms with E-state index < -0.39 is 6.10 Å². The van der Waals surface area contributed by atoms with E-state index in [1.54, 1.807) is 0 Å². The molecule has 0 saturated carbocycles. The third-order valence-corrected chi connectivity index (χ3v) is 7.55. The van der Waals surface area contributed by atoms with Crippen LogP contribution in [0.2, 0.25) is 0 Å². The summed E-state index contributed by atoms with van der Waals surface area (Å²) < 4.78 is 6.13. The zero-order chi connectivity index (χ0) is 24.9. The molecule has 1 aliphatic rings. The Kier molecular flexibility index (Phi) is 12.5. The van der Waals surface area contributed by atoms with Crippen molar-refractivity contribution in [1.82, 2.24) is 19.6 Å². The highest BCUT2D eigenvalue weighted by molar-refractivity contribution is 7.16. The van der Waals surface area contributed by atoms with Gasteiger partial charge >= 0.3 is 0 Å². The molecule has 2 unspecified atom stereocenters. The average molecular weight is 501 g/mol. The lowest BCUT2D eigenvalue weighted by Gasteiger charge is -2.34. The molecule has 1 N–H and O–H groups in total. The van der Waals surface area contributed by atoms with E-state index in [-0.39, 0.29) is 0 Å². The minimum absolute atomic E-state index is 0.499. The van der Waals surface area contributed by atoms with Gasteiger partial charge < -0.3 is 19.6 Å². The molecule has 2 aromatic rings. The monoisotopic (exact) mass is 500 g/mol. The summed E-state index contributed by atoms with van der Waals surface area (Å²) in [4.78, 5) is 10.0. The van der Waals surface area contributed by atoms with Crippen LogP contribution in [0.4, 0.5) is 0 Å². The van der Waals surface area contributed by atoms with Crippen molar-refractivity contribution in [3.05, 3.63) is 65.7 Å². The van der Waals surface area contributed by atoms with Gasteiger partial charge in [0.25, 0.3) is 0 Å². The van der Waals surface area contributed by atoms with E-state index in [2.05, 4.69) is 54.8 Å². The second-order valence-corrected chi connectivity index (χ2v) is 9.66. The number of aliphatic hydroxyl groups excluding tert-OH is 1. The quantitative estimate of drug-likeness (QED) is 0.533. The number of nitrogens with zero attached hydrogens (tertiary/aromatic N) is 4. The molecule has 0 aliphatic carbocycles. The number of β-amino-alcohol motifs (C(OH)–C–C–N with tert-alkyl or cyclic N) is 1. The normalized spacial score (nSPS) is 19.1. The van der Waals surface area contributed by atoms with Crippen molar-refractivity contribution in [2.45, 2.75) is 26.6 Å².